The van der Waals surface area contributed by atoms with Gasteiger partial charge in [-0.25, -0.2) is 4.98 Å². The molecule has 1 aromatic heterocycles. The molecule has 1 fully saturated rings. The smallest absolute Gasteiger partial charge is 0.123 e. The van der Waals surface area contributed by atoms with Gasteiger partial charge in [0.15, 0.2) is 0 Å². The molecule has 106 valence electrons. The summed E-state index contributed by atoms with van der Waals surface area (Å²) < 4.78 is 7.01. The molecule has 0 spiro atoms. The van der Waals surface area contributed by atoms with Crippen LogP contribution >= 0.6 is 27.3 Å². The van der Waals surface area contributed by atoms with E-state index in [0.717, 1.165) is 21.8 Å². The average molecular weight is 352 g/mol. The number of nitrogens with zero attached hydrogens (tertiary/aromatic N) is 1. The highest BCUT2D eigenvalue weighted by atomic mass is 79.9. The van der Waals surface area contributed by atoms with E-state index in [1.54, 1.807) is 11.3 Å². The number of hydrogen-bond acceptors (Lipinski definition) is 3. The second-order valence-electron chi connectivity index (χ2n) is 5.18. The monoisotopic (exact) mass is 351 g/mol. The zero-order valence-corrected chi connectivity index (χ0v) is 14.1. The van der Waals surface area contributed by atoms with Crippen LogP contribution in [0.4, 0.5) is 0 Å². The SMILES string of the molecule is CCOC(c1nc(-c2cccc(Br)c2)c(C)s1)C1CC1. The average Bonchev–Trinajstić information content (AvgIpc) is 3.19. The van der Waals surface area contributed by atoms with E-state index < -0.39 is 0 Å². The topological polar surface area (TPSA) is 22.1 Å². The molecule has 2 nitrogen and oxygen atoms in total. The van der Waals surface area contributed by atoms with Gasteiger partial charge in [-0.3, -0.25) is 0 Å². The fourth-order valence-electron chi connectivity index (χ4n) is 2.43. The molecule has 1 unspecified atom stereocenters. The van der Waals surface area contributed by atoms with Crippen LogP contribution in [0.25, 0.3) is 11.3 Å². The summed E-state index contributed by atoms with van der Waals surface area (Å²) in [4.78, 5) is 6.14. The van der Waals surface area contributed by atoms with Crippen molar-refractivity contribution in [2.24, 2.45) is 5.92 Å². The lowest BCUT2D eigenvalue weighted by molar-refractivity contribution is 0.0462. The summed E-state index contributed by atoms with van der Waals surface area (Å²) in [7, 11) is 0. The van der Waals surface area contributed by atoms with E-state index >= 15 is 0 Å². The third kappa shape index (κ3) is 2.97. The number of aromatic nitrogens is 1. The van der Waals surface area contributed by atoms with Crippen LogP contribution in [0.3, 0.4) is 0 Å². The predicted molar refractivity (Wildman–Crippen MR) is 87.1 cm³/mol. The summed E-state index contributed by atoms with van der Waals surface area (Å²) in [6.07, 6.45) is 2.75. The van der Waals surface area contributed by atoms with Gasteiger partial charge in [0.2, 0.25) is 0 Å². The molecule has 0 saturated heterocycles. The van der Waals surface area contributed by atoms with E-state index in [0.29, 0.717) is 5.92 Å². The van der Waals surface area contributed by atoms with Crippen molar-refractivity contribution in [2.45, 2.75) is 32.8 Å². The summed E-state index contributed by atoms with van der Waals surface area (Å²) in [5.74, 6) is 0.677. The van der Waals surface area contributed by atoms with E-state index in [1.807, 2.05) is 6.07 Å². The zero-order chi connectivity index (χ0) is 14.1. The predicted octanol–water partition coefficient (Wildman–Crippen LogP) is 5.37. The number of thiazole rings is 1. The van der Waals surface area contributed by atoms with Gasteiger partial charge in [0, 0.05) is 21.5 Å². The van der Waals surface area contributed by atoms with Crippen LogP contribution in [0.15, 0.2) is 28.7 Å². The normalized spacial score (nSPS) is 16.4. The Hall–Kier alpha value is -0.710. The molecule has 1 aliphatic rings. The summed E-state index contributed by atoms with van der Waals surface area (Å²) in [5, 5.41) is 1.14. The third-order valence-electron chi connectivity index (χ3n) is 3.55. The van der Waals surface area contributed by atoms with Crippen LogP contribution < -0.4 is 0 Å². The lowest BCUT2D eigenvalue weighted by Crippen LogP contribution is -2.06. The van der Waals surface area contributed by atoms with Crippen molar-refractivity contribution >= 4 is 27.3 Å². The van der Waals surface area contributed by atoms with E-state index in [1.165, 1.54) is 23.3 Å². The van der Waals surface area contributed by atoms with E-state index in [4.69, 9.17) is 9.72 Å². The van der Waals surface area contributed by atoms with Crippen molar-refractivity contribution in [3.8, 4) is 11.3 Å². The Bertz CT molecular complexity index is 606. The van der Waals surface area contributed by atoms with Crippen LogP contribution in [-0.2, 0) is 4.74 Å². The van der Waals surface area contributed by atoms with Crippen molar-refractivity contribution in [2.75, 3.05) is 6.61 Å². The first-order valence-corrected chi connectivity index (χ1v) is 8.65. The van der Waals surface area contributed by atoms with Crippen molar-refractivity contribution in [1.29, 1.82) is 0 Å². The zero-order valence-electron chi connectivity index (χ0n) is 11.7. The van der Waals surface area contributed by atoms with Crippen molar-refractivity contribution in [3.05, 3.63) is 38.6 Å². The minimum atomic E-state index is 0.199. The molecule has 0 aliphatic heterocycles. The first kappa shape index (κ1) is 14.2. The standard InChI is InChI=1S/C16H18BrNOS/c1-3-19-15(11-7-8-11)16-18-14(10(2)20-16)12-5-4-6-13(17)9-12/h4-6,9,11,15H,3,7-8H2,1-2H3. The highest BCUT2D eigenvalue weighted by molar-refractivity contribution is 9.10. The first-order chi connectivity index (χ1) is 9.69. The van der Waals surface area contributed by atoms with Crippen LogP contribution in [0.1, 0.15) is 35.8 Å². The summed E-state index contributed by atoms with van der Waals surface area (Å²) >= 11 is 5.31. The molecule has 3 rings (SSSR count). The number of hydrogen-bond donors (Lipinski definition) is 0. The van der Waals surface area contributed by atoms with E-state index in [-0.39, 0.29) is 6.10 Å². The van der Waals surface area contributed by atoms with Crippen LogP contribution in [-0.4, -0.2) is 11.6 Å². The number of rotatable bonds is 5. The Morgan fingerprint density at radius 3 is 2.90 bits per heavy atom. The van der Waals surface area contributed by atoms with Gasteiger partial charge < -0.3 is 4.74 Å². The Balaban J connectivity index is 1.94. The summed E-state index contributed by atoms with van der Waals surface area (Å²) in [6, 6.07) is 8.33. The molecule has 1 saturated carbocycles. The molecular weight excluding hydrogens is 334 g/mol. The molecule has 0 amide bonds. The second kappa shape index (κ2) is 5.96. The fraction of sp³-hybridized carbons (Fsp3) is 0.438. The molecule has 0 N–H and O–H groups in total. The maximum absolute atomic E-state index is 5.92. The van der Waals surface area contributed by atoms with Gasteiger partial charge in [0.25, 0.3) is 0 Å². The maximum atomic E-state index is 5.92. The lowest BCUT2D eigenvalue weighted by atomic mass is 10.1. The second-order valence-corrected chi connectivity index (χ2v) is 7.33. The van der Waals surface area contributed by atoms with Gasteiger partial charge in [0.1, 0.15) is 11.1 Å². The Kier molecular flexibility index (Phi) is 4.24. The van der Waals surface area contributed by atoms with E-state index in [9.17, 15) is 0 Å². The molecule has 0 bridgehead atoms. The largest absolute Gasteiger partial charge is 0.371 e. The van der Waals surface area contributed by atoms with Gasteiger partial charge in [-0.05, 0) is 44.7 Å². The van der Waals surface area contributed by atoms with Crippen molar-refractivity contribution < 1.29 is 4.74 Å². The van der Waals surface area contributed by atoms with Crippen LogP contribution in [0.2, 0.25) is 0 Å². The Morgan fingerprint density at radius 1 is 1.45 bits per heavy atom. The summed E-state index contributed by atoms with van der Waals surface area (Å²) in [6.45, 7) is 4.96. The Morgan fingerprint density at radius 2 is 2.25 bits per heavy atom. The highest BCUT2D eigenvalue weighted by Crippen LogP contribution is 2.45. The van der Waals surface area contributed by atoms with Crippen LogP contribution in [0, 0.1) is 12.8 Å². The molecule has 1 atom stereocenters. The maximum Gasteiger partial charge on any atom is 0.123 e. The van der Waals surface area contributed by atoms with Gasteiger partial charge in [0.05, 0.1) is 5.69 Å². The minimum Gasteiger partial charge on any atom is -0.371 e. The molecule has 1 heterocycles. The van der Waals surface area contributed by atoms with Gasteiger partial charge in [-0.15, -0.1) is 11.3 Å². The van der Waals surface area contributed by atoms with Crippen molar-refractivity contribution in [1.82, 2.24) is 4.98 Å². The first-order valence-electron chi connectivity index (χ1n) is 7.04. The molecule has 4 heteroatoms. The third-order valence-corrected chi connectivity index (χ3v) is 5.08. The number of halogens is 1. The van der Waals surface area contributed by atoms with Gasteiger partial charge in [-0.2, -0.15) is 0 Å². The van der Waals surface area contributed by atoms with Crippen LogP contribution in [0.5, 0.6) is 0 Å². The Labute approximate surface area is 132 Å². The highest BCUT2D eigenvalue weighted by Gasteiger charge is 2.35. The number of benzene rings is 1. The van der Waals surface area contributed by atoms with Crippen molar-refractivity contribution in [3.63, 3.8) is 0 Å². The minimum absolute atomic E-state index is 0.199. The van der Waals surface area contributed by atoms with E-state index in [2.05, 4.69) is 48.0 Å². The molecule has 1 aromatic carbocycles. The molecule has 0 radical (unpaired) electrons. The molecular formula is C16H18BrNOS. The fourth-order valence-corrected chi connectivity index (χ4v) is 3.92. The van der Waals surface area contributed by atoms with Gasteiger partial charge in [-0.1, -0.05) is 28.1 Å². The van der Waals surface area contributed by atoms with Gasteiger partial charge >= 0.3 is 0 Å². The number of aryl methyl sites for hydroxylation is 1. The molecule has 1 aliphatic carbocycles. The summed E-state index contributed by atoms with van der Waals surface area (Å²) in [5.41, 5.74) is 2.27. The quantitative estimate of drug-likeness (QED) is 0.722. The molecule has 2 aromatic rings. The lowest BCUT2D eigenvalue weighted by Gasteiger charge is -2.12. The molecule has 20 heavy (non-hydrogen) atoms. The number of ether oxygens (including phenoxy) is 1.